The van der Waals surface area contributed by atoms with Crippen molar-refractivity contribution in [1.29, 1.82) is 0 Å². The molecule has 4 heteroatoms. The number of hydrogen-bond donors (Lipinski definition) is 3. The van der Waals surface area contributed by atoms with Crippen LogP contribution in [0, 0.1) is 35.5 Å². The summed E-state index contributed by atoms with van der Waals surface area (Å²) in [4.78, 5) is 10.4. The zero-order valence-corrected chi connectivity index (χ0v) is 20.2. The van der Waals surface area contributed by atoms with E-state index in [0.29, 0.717) is 36.2 Å². The van der Waals surface area contributed by atoms with Crippen LogP contribution in [0.5, 0.6) is 0 Å². The number of primary amides is 1. The van der Waals surface area contributed by atoms with Crippen molar-refractivity contribution < 1.29 is 15.0 Å². The number of hydrogen-bond acceptors (Lipinski definition) is 3. The molecule has 0 radical (unpaired) electrons. The molecule has 1 aromatic rings. The van der Waals surface area contributed by atoms with Crippen molar-refractivity contribution in [3.05, 3.63) is 35.9 Å². The molecule has 0 aliphatic rings. The molecule has 0 fully saturated rings. The average molecular weight is 410 g/mol. The molecule has 29 heavy (non-hydrogen) atoms. The summed E-state index contributed by atoms with van der Waals surface area (Å²) in [6, 6.07) is 10.2. The van der Waals surface area contributed by atoms with E-state index in [1.165, 1.54) is 5.56 Å². The van der Waals surface area contributed by atoms with E-state index in [2.05, 4.69) is 53.7 Å². The Balaban J connectivity index is 0. The number of nitrogens with two attached hydrogens (primary N) is 1. The first-order valence-electron chi connectivity index (χ1n) is 11.0. The molecule has 0 aliphatic heterocycles. The first-order valence-corrected chi connectivity index (χ1v) is 11.0. The van der Waals surface area contributed by atoms with Gasteiger partial charge in [-0.3, -0.25) is 4.79 Å². The Morgan fingerprint density at radius 3 is 1.38 bits per heavy atom. The lowest BCUT2D eigenvalue weighted by molar-refractivity contribution is -0.122. The Morgan fingerprint density at radius 1 is 0.759 bits per heavy atom. The van der Waals surface area contributed by atoms with Gasteiger partial charge in [0.2, 0.25) is 5.91 Å². The lowest BCUT2D eigenvalue weighted by Gasteiger charge is -2.21. The Kier molecular flexibility index (Phi) is 16.9. The third-order valence-electron chi connectivity index (χ3n) is 5.60. The van der Waals surface area contributed by atoms with Crippen molar-refractivity contribution in [3.8, 4) is 0 Å². The normalized spacial score (nSPS) is 13.1. The van der Waals surface area contributed by atoms with Gasteiger partial charge in [0.05, 0.1) is 6.61 Å². The van der Waals surface area contributed by atoms with Crippen LogP contribution in [-0.4, -0.2) is 29.3 Å². The smallest absolute Gasteiger partial charge is 0.220 e. The number of aliphatic hydroxyl groups excluding tert-OH is 2. The number of rotatable bonds is 8. The zero-order chi connectivity index (χ0) is 23.1. The minimum atomic E-state index is -0.208. The summed E-state index contributed by atoms with van der Waals surface area (Å²) in [5.41, 5.74) is 6.23. The molecule has 0 spiro atoms. The first kappa shape index (κ1) is 29.8. The maximum atomic E-state index is 10.4. The Labute approximate surface area is 179 Å². The summed E-state index contributed by atoms with van der Waals surface area (Å²) >= 11 is 0. The van der Waals surface area contributed by atoms with Gasteiger partial charge >= 0.3 is 0 Å². The number of carbonyl (C=O) groups is 1. The fourth-order valence-corrected chi connectivity index (χ4v) is 2.92. The van der Waals surface area contributed by atoms with Crippen molar-refractivity contribution in [2.75, 3.05) is 13.2 Å². The number of benzene rings is 1. The highest BCUT2D eigenvalue weighted by Crippen LogP contribution is 2.23. The second-order valence-electron chi connectivity index (χ2n) is 9.21. The van der Waals surface area contributed by atoms with Gasteiger partial charge in [-0.05, 0) is 35.2 Å². The van der Waals surface area contributed by atoms with Gasteiger partial charge < -0.3 is 15.9 Å². The maximum absolute atomic E-state index is 10.4. The second-order valence-corrected chi connectivity index (χ2v) is 9.21. The van der Waals surface area contributed by atoms with Crippen LogP contribution < -0.4 is 5.73 Å². The molecule has 0 heterocycles. The Hall–Kier alpha value is -1.39. The van der Waals surface area contributed by atoms with Crippen molar-refractivity contribution in [2.24, 2.45) is 41.2 Å². The van der Waals surface area contributed by atoms with E-state index in [-0.39, 0.29) is 24.3 Å². The minimum Gasteiger partial charge on any atom is -0.396 e. The van der Waals surface area contributed by atoms with Crippen molar-refractivity contribution in [3.63, 3.8) is 0 Å². The molecule has 170 valence electrons. The summed E-state index contributed by atoms with van der Waals surface area (Å²) in [6.45, 7) is 19.3. The number of carbonyl (C=O) groups excluding carboxylic acids is 1. The van der Waals surface area contributed by atoms with Gasteiger partial charge in [-0.2, -0.15) is 0 Å². The Bertz CT molecular complexity index is 504. The van der Waals surface area contributed by atoms with Crippen LogP contribution >= 0.6 is 0 Å². The first-order chi connectivity index (χ1) is 13.4. The fraction of sp³-hybridized carbons (Fsp3) is 0.720. The molecule has 0 aliphatic carbocycles. The molecular weight excluding hydrogens is 362 g/mol. The van der Waals surface area contributed by atoms with Gasteiger partial charge in [-0.1, -0.05) is 92.6 Å². The summed E-state index contributed by atoms with van der Waals surface area (Å²) in [5.74, 6) is 2.64. The number of amides is 1. The predicted octanol–water partition coefficient (Wildman–Crippen LogP) is 5.09. The molecule has 0 bridgehead atoms. The standard InChI is InChI=1S/C11H16O.C8H18O.C6H13NO/c1-9(2)11(8-12)10-6-4-3-5-7-10;1-6(2)8(5-9)7(3)4;1-4(2)5(3)6(7)8/h3-7,9,11-12H,8H2,1-2H3;6-9H,5H2,1-4H3;4-5H,1-3H3,(H2,7,8)/t11-;;5-/m0.1/s1. The molecule has 0 aromatic heterocycles. The van der Waals surface area contributed by atoms with E-state index < -0.39 is 0 Å². The van der Waals surface area contributed by atoms with Crippen molar-refractivity contribution in [1.82, 2.24) is 0 Å². The molecule has 0 unspecified atom stereocenters. The van der Waals surface area contributed by atoms with Crippen molar-refractivity contribution in [2.45, 2.75) is 68.2 Å². The summed E-state index contributed by atoms with van der Waals surface area (Å²) < 4.78 is 0. The lowest BCUT2D eigenvalue weighted by Crippen LogP contribution is -2.24. The van der Waals surface area contributed by atoms with Gasteiger partial charge in [-0.15, -0.1) is 0 Å². The van der Waals surface area contributed by atoms with Gasteiger partial charge in [0.15, 0.2) is 0 Å². The van der Waals surface area contributed by atoms with Gasteiger partial charge in [0.25, 0.3) is 0 Å². The van der Waals surface area contributed by atoms with Crippen LogP contribution in [0.1, 0.15) is 73.8 Å². The molecule has 1 rings (SSSR count). The molecule has 4 N–H and O–H groups in total. The highest BCUT2D eigenvalue weighted by Gasteiger charge is 2.15. The van der Waals surface area contributed by atoms with Crippen LogP contribution in [0.15, 0.2) is 30.3 Å². The second kappa shape index (κ2) is 16.4. The van der Waals surface area contributed by atoms with Gasteiger partial charge in [-0.25, -0.2) is 0 Å². The van der Waals surface area contributed by atoms with E-state index in [9.17, 15) is 4.79 Å². The van der Waals surface area contributed by atoms with E-state index in [1.54, 1.807) is 0 Å². The topological polar surface area (TPSA) is 83.5 Å². The monoisotopic (exact) mass is 409 g/mol. The molecular formula is C25H47NO3. The largest absolute Gasteiger partial charge is 0.396 e. The molecule has 2 atom stereocenters. The highest BCUT2D eigenvalue weighted by atomic mass is 16.3. The molecule has 0 saturated carbocycles. The molecule has 1 amide bonds. The van der Waals surface area contributed by atoms with Crippen LogP contribution in [-0.2, 0) is 4.79 Å². The SMILES string of the molecule is CC(C)C(CO)C(C)C.CC(C)[C@@H](C)C(N)=O.CC(C)[C@H](CO)c1ccccc1. The molecule has 4 nitrogen and oxygen atoms in total. The predicted molar refractivity (Wildman–Crippen MR) is 125 cm³/mol. The van der Waals surface area contributed by atoms with Crippen LogP contribution in [0.25, 0.3) is 0 Å². The fourth-order valence-electron chi connectivity index (χ4n) is 2.92. The zero-order valence-electron chi connectivity index (χ0n) is 20.2. The van der Waals surface area contributed by atoms with Crippen molar-refractivity contribution >= 4 is 5.91 Å². The van der Waals surface area contributed by atoms with E-state index in [1.807, 2.05) is 39.0 Å². The Morgan fingerprint density at radius 2 is 1.21 bits per heavy atom. The summed E-state index contributed by atoms with van der Waals surface area (Å²) in [6.07, 6.45) is 0. The van der Waals surface area contributed by atoms with E-state index in [0.717, 1.165) is 0 Å². The van der Waals surface area contributed by atoms with E-state index >= 15 is 0 Å². The maximum Gasteiger partial charge on any atom is 0.220 e. The average Bonchev–Trinajstić information content (AvgIpc) is 2.63. The van der Waals surface area contributed by atoms with Crippen LogP contribution in [0.4, 0.5) is 0 Å². The third-order valence-corrected chi connectivity index (χ3v) is 5.60. The lowest BCUT2D eigenvalue weighted by atomic mass is 9.86. The van der Waals surface area contributed by atoms with Crippen LogP contribution in [0.2, 0.25) is 0 Å². The molecule has 1 aromatic carbocycles. The summed E-state index contributed by atoms with van der Waals surface area (Å²) in [7, 11) is 0. The van der Waals surface area contributed by atoms with Gasteiger partial charge in [0.1, 0.15) is 0 Å². The summed E-state index contributed by atoms with van der Waals surface area (Å²) in [5, 5.41) is 18.0. The quantitative estimate of drug-likeness (QED) is 0.559. The van der Waals surface area contributed by atoms with Crippen LogP contribution in [0.3, 0.4) is 0 Å². The van der Waals surface area contributed by atoms with E-state index in [4.69, 9.17) is 15.9 Å². The molecule has 0 saturated heterocycles. The minimum absolute atomic E-state index is 0.00926. The van der Waals surface area contributed by atoms with Gasteiger partial charge in [0, 0.05) is 18.4 Å². The highest BCUT2D eigenvalue weighted by molar-refractivity contribution is 5.76. The number of aliphatic hydroxyl groups is 2. The third kappa shape index (κ3) is 13.5.